The molecular formula is C25H25NO5S. The molecule has 2 bridgehead atoms. The molecule has 0 spiro atoms. The number of anilines is 1. The van der Waals surface area contributed by atoms with Gasteiger partial charge in [0.2, 0.25) is 12.3 Å². The van der Waals surface area contributed by atoms with Crippen molar-refractivity contribution in [2.75, 3.05) is 24.4 Å². The molecule has 32 heavy (non-hydrogen) atoms. The molecular weight excluding hydrogens is 426 g/mol. The first-order chi connectivity index (χ1) is 15.5. The van der Waals surface area contributed by atoms with Crippen molar-refractivity contribution in [2.45, 2.75) is 17.4 Å². The van der Waals surface area contributed by atoms with Gasteiger partial charge in [0.05, 0.1) is 18.7 Å². The van der Waals surface area contributed by atoms with Gasteiger partial charge in [0.15, 0.2) is 12.4 Å². The maximum atomic E-state index is 13.2. The fraction of sp³-hybridized carbons (Fsp3) is 0.320. The third-order valence-electron chi connectivity index (χ3n) is 7.02. The number of hydrogen-bond acceptors (Lipinski definition) is 5. The molecule has 2 saturated heterocycles. The monoisotopic (exact) mass is 451 g/mol. The lowest BCUT2D eigenvalue weighted by Gasteiger charge is -2.33. The number of carbonyl (C=O) groups excluding carboxylic acids is 3. The van der Waals surface area contributed by atoms with E-state index < -0.39 is 10.0 Å². The van der Waals surface area contributed by atoms with Gasteiger partial charge in [0.1, 0.15) is 11.5 Å². The second-order valence-electron chi connectivity index (χ2n) is 8.50. The van der Waals surface area contributed by atoms with Gasteiger partial charge >= 0.3 is 0 Å². The summed E-state index contributed by atoms with van der Waals surface area (Å²) in [6, 6.07) is 13.5. The van der Waals surface area contributed by atoms with Gasteiger partial charge in [-0.25, -0.2) is 10.0 Å². The Hall–Kier alpha value is -3.06. The molecule has 3 heterocycles. The van der Waals surface area contributed by atoms with E-state index in [2.05, 4.69) is 18.4 Å². The number of imide groups is 1. The lowest BCUT2D eigenvalue weighted by molar-refractivity contribution is -0.125. The van der Waals surface area contributed by atoms with E-state index in [9.17, 15) is 14.4 Å². The third-order valence-corrected chi connectivity index (χ3v) is 11.5. The second-order valence-corrected chi connectivity index (χ2v) is 12.3. The zero-order valence-electron chi connectivity index (χ0n) is 18.0. The minimum absolute atomic E-state index is 0.109. The van der Waals surface area contributed by atoms with Gasteiger partial charge in [-0.2, -0.15) is 0 Å². The van der Waals surface area contributed by atoms with Gasteiger partial charge in [-0.15, -0.1) is 0 Å². The fourth-order valence-electron chi connectivity index (χ4n) is 5.13. The summed E-state index contributed by atoms with van der Waals surface area (Å²) in [6.07, 6.45) is 2.80. The molecule has 166 valence electrons. The Kier molecular flexibility index (Phi) is 5.08. The number of ketones is 1. The summed E-state index contributed by atoms with van der Waals surface area (Å²) in [5.41, 5.74) is 1.05. The van der Waals surface area contributed by atoms with Gasteiger partial charge < -0.3 is 9.47 Å². The fourth-order valence-corrected chi connectivity index (χ4v) is 9.90. The summed E-state index contributed by atoms with van der Waals surface area (Å²) >= 11 is 0. The summed E-state index contributed by atoms with van der Waals surface area (Å²) in [7, 11) is 0.821. The van der Waals surface area contributed by atoms with Crippen LogP contribution in [0.25, 0.3) is 0 Å². The summed E-state index contributed by atoms with van der Waals surface area (Å²) in [6.45, 7) is 2.06. The van der Waals surface area contributed by atoms with Crippen LogP contribution in [-0.2, 0) is 9.59 Å². The summed E-state index contributed by atoms with van der Waals surface area (Å²) < 4.78 is 10.7. The highest BCUT2D eigenvalue weighted by Crippen LogP contribution is 2.85. The SMILES string of the molecule is COc1ccc(C(=O)COc2ccc(N(C=O)C(=O)C3C4C=CS5(CC45)C3C)cc2)cc1. The summed E-state index contributed by atoms with van der Waals surface area (Å²) in [4.78, 5) is 38.6. The Bertz CT molecular complexity index is 1100. The molecule has 0 aliphatic carbocycles. The average molecular weight is 452 g/mol. The van der Waals surface area contributed by atoms with E-state index in [1.807, 2.05) is 0 Å². The zero-order chi connectivity index (χ0) is 22.5. The van der Waals surface area contributed by atoms with Crippen LogP contribution in [-0.4, -0.2) is 48.1 Å². The minimum Gasteiger partial charge on any atom is -0.497 e. The Morgan fingerprint density at radius 1 is 1.09 bits per heavy atom. The minimum atomic E-state index is -0.750. The van der Waals surface area contributed by atoms with Crippen molar-refractivity contribution in [3.8, 4) is 11.5 Å². The van der Waals surface area contributed by atoms with Crippen LogP contribution in [0.5, 0.6) is 11.5 Å². The van der Waals surface area contributed by atoms with Crippen molar-refractivity contribution in [3.63, 3.8) is 0 Å². The second kappa shape index (κ2) is 7.81. The van der Waals surface area contributed by atoms with Crippen molar-refractivity contribution < 1.29 is 23.9 Å². The molecule has 2 amide bonds. The number of benzene rings is 2. The molecule has 7 heteroatoms. The van der Waals surface area contributed by atoms with E-state index in [4.69, 9.17) is 9.47 Å². The highest BCUT2D eigenvalue weighted by atomic mass is 32.3. The van der Waals surface area contributed by atoms with Crippen LogP contribution in [0.4, 0.5) is 5.69 Å². The highest BCUT2D eigenvalue weighted by molar-refractivity contribution is 8.43. The van der Waals surface area contributed by atoms with E-state index in [-0.39, 0.29) is 30.1 Å². The molecule has 0 aromatic heterocycles. The Morgan fingerprint density at radius 2 is 1.78 bits per heavy atom. The lowest BCUT2D eigenvalue weighted by Crippen LogP contribution is -2.42. The number of Topliss-reactive ketones (excluding diaryl/α,β-unsaturated/α-hetero) is 1. The number of allylic oxidation sites excluding steroid dienone is 1. The quantitative estimate of drug-likeness (QED) is 0.347. The van der Waals surface area contributed by atoms with Gasteiger partial charge in [0.25, 0.3) is 0 Å². The van der Waals surface area contributed by atoms with Crippen molar-refractivity contribution in [3.05, 3.63) is 65.6 Å². The van der Waals surface area contributed by atoms with E-state index >= 15 is 0 Å². The van der Waals surface area contributed by atoms with Gasteiger partial charge in [-0.3, -0.25) is 19.3 Å². The highest BCUT2D eigenvalue weighted by Gasteiger charge is 2.68. The molecule has 2 aromatic rings. The number of hydrogen-bond donors (Lipinski definition) is 0. The Balaban J connectivity index is 1.22. The predicted molar refractivity (Wildman–Crippen MR) is 125 cm³/mol. The van der Waals surface area contributed by atoms with Crippen LogP contribution in [0.1, 0.15) is 17.3 Å². The van der Waals surface area contributed by atoms with Crippen molar-refractivity contribution in [2.24, 2.45) is 11.8 Å². The van der Waals surface area contributed by atoms with Crippen molar-refractivity contribution in [1.82, 2.24) is 0 Å². The van der Waals surface area contributed by atoms with Crippen LogP contribution in [0, 0.1) is 11.8 Å². The molecule has 3 aliphatic rings. The van der Waals surface area contributed by atoms with Crippen molar-refractivity contribution in [1.29, 1.82) is 0 Å². The molecule has 0 N–H and O–H groups in total. The molecule has 3 aliphatic heterocycles. The molecule has 5 unspecified atom stereocenters. The largest absolute Gasteiger partial charge is 0.497 e. The van der Waals surface area contributed by atoms with Crippen LogP contribution >= 0.6 is 10.0 Å². The van der Waals surface area contributed by atoms with Crippen LogP contribution < -0.4 is 14.4 Å². The first kappa shape index (κ1) is 20.8. The molecule has 0 saturated carbocycles. The molecule has 5 atom stereocenters. The third kappa shape index (κ3) is 3.23. The molecule has 2 fully saturated rings. The van der Waals surface area contributed by atoms with Crippen molar-refractivity contribution >= 4 is 33.8 Å². The van der Waals surface area contributed by atoms with E-state index in [0.717, 1.165) is 0 Å². The standard InChI is InChI=1S/C25H25NO5S/c1-16-24(21-11-12-32(16)14-23(21)32)25(29)26(15-27)18-5-9-20(10-6-18)31-13-22(28)17-3-7-19(30-2)8-4-17/h3-12,15-16,21,23-24H,13-14H2,1-2H3. The van der Waals surface area contributed by atoms with E-state index in [1.54, 1.807) is 55.6 Å². The number of ether oxygens (including phenoxy) is 2. The maximum Gasteiger partial charge on any atom is 0.238 e. The predicted octanol–water partition coefficient (Wildman–Crippen LogP) is 3.79. The van der Waals surface area contributed by atoms with Gasteiger partial charge in [-0.05, 0) is 59.7 Å². The molecule has 5 rings (SSSR count). The topological polar surface area (TPSA) is 72.9 Å². The van der Waals surface area contributed by atoms with Gasteiger partial charge in [0, 0.05) is 22.0 Å². The molecule has 6 nitrogen and oxygen atoms in total. The average Bonchev–Trinajstić information content (AvgIpc) is 3.38. The molecule has 0 radical (unpaired) electrons. The summed E-state index contributed by atoms with van der Waals surface area (Å²) in [5.74, 6) is 2.32. The van der Waals surface area contributed by atoms with E-state index in [0.29, 0.717) is 39.7 Å². The lowest BCUT2D eigenvalue weighted by atomic mass is 9.86. The molecule has 2 aromatic carbocycles. The first-order valence-electron chi connectivity index (χ1n) is 10.6. The number of carbonyl (C=O) groups is 3. The Morgan fingerprint density at radius 3 is 2.34 bits per heavy atom. The first-order valence-corrected chi connectivity index (χ1v) is 12.6. The van der Waals surface area contributed by atoms with E-state index in [1.165, 1.54) is 10.7 Å². The smallest absolute Gasteiger partial charge is 0.238 e. The van der Waals surface area contributed by atoms with Gasteiger partial charge in [-0.1, -0.05) is 13.0 Å². The maximum absolute atomic E-state index is 13.2. The number of nitrogens with zero attached hydrogens (tertiary/aromatic N) is 1. The summed E-state index contributed by atoms with van der Waals surface area (Å²) in [5, 5.41) is 3.35. The van der Waals surface area contributed by atoms with Crippen LogP contribution in [0.2, 0.25) is 0 Å². The van der Waals surface area contributed by atoms with Crippen LogP contribution in [0.15, 0.2) is 60.0 Å². The van der Waals surface area contributed by atoms with Crippen LogP contribution in [0.3, 0.4) is 0 Å². The Labute approximate surface area is 188 Å². The number of rotatable bonds is 8. The normalized spacial score (nSPS) is 30.7. The zero-order valence-corrected chi connectivity index (χ0v) is 18.8. The number of methoxy groups -OCH3 is 1. The number of amides is 2.